The third-order valence-electron chi connectivity index (χ3n) is 5.45. The fourth-order valence-electron chi connectivity index (χ4n) is 4.07. The molecular weight excluding hydrogens is 372 g/mol. The van der Waals surface area contributed by atoms with E-state index in [0.29, 0.717) is 23.6 Å². The number of amides is 1. The van der Waals surface area contributed by atoms with Crippen LogP contribution in [-0.2, 0) is 17.8 Å². The van der Waals surface area contributed by atoms with Crippen molar-refractivity contribution in [2.45, 2.75) is 19.1 Å². The third-order valence-corrected chi connectivity index (χ3v) is 5.45. The summed E-state index contributed by atoms with van der Waals surface area (Å²) in [6.45, 7) is 0.555. The maximum Gasteiger partial charge on any atom is 0.227 e. The lowest BCUT2D eigenvalue weighted by molar-refractivity contribution is -0.133. The Bertz CT molecular complexity index is 1060. The molecule has 1 amide bonds. The topological polar surface area (TPSA) is 84.0 Å². The number of H-pyrrole nitrogens is 1. The summed E-state index contributed by atoms with van der Waals surface area (Å²) in [5.74, 6) is 1.88. The van der Waals surface area contributed by atoms with Crippen molar-refractivity contribution in [3.63, 3.8) is 0 Å². The first-order valence-electron chi connectivity index (χ1n) is 9.40. The Kier molecular flexibility index (Phi) is 5.07. The Balaban J connectivity index is 1.64. The van der Waals surface area contributed by atoms with E-state index >= 15 is 0 Å². The molecule has 0 spiro atoms. The molecule has 4 rings (SSSR count). The highest BCUT2D eigenvalue weighted by molar-refractivity contribution is 5.93. The van der Waals surface area contributed by atoms with E-state index < -0.39 is 6.10 Å². The van der Waals surface area contributed by atoms with Crippen molar-refractivity contribution >= 4 is 16.8 Å². The Labute approximate surface area is 168 Å². The number of hydrogen-bond acceptors (Lipinski definition) is 5. The normalized spacial score (nSPS) is 15.9. The third kappa shape index (κ3) is 3.27. The van der Waals surface area contributed by atoms with Gasteiger partial charge in [0, 0.05) is 34.8 Å². The van der Waals surface area contributed by atoms with Crippen molar-refractivity contribution in [1.29, 1.82) is 0 Å². The van der Waals surface area contributed by atoms with Crippen LogP contribution in [0.3, 0.4) is 0 Å². The minimum Gasteiger partial charge on any atom is -0.496 e. The van der Waals surface area contributed by atoms with Gasteiger partial charge in [-0.1, -0.05) is 6.07 Å². The lowest BCUT2D eigenvalue weighted by atomic mass is 9.94. The molecule has 2 aromatic carbocycles. The molecule has 1 aliphatic heterocycles. The molecule has 0 radical (unpaired) electrons. The molecule has 1 atom stereocenters. The summed E-state index contributed by atoms with van der Waals surface area (Å²) >= 11 is 0. The molecule has 3 aromatic rings. The summed E-state index contributed by atoms with van der Waals surface area (Å²) in [4.78, 5) is 18.0. The lowest BCUT2D eigenvalue weighted by Gasteiger charge is -2.34. The van der Waals surface area contributed by atoms with Gasteiger partial charge >= 0.3 is 0 Å². The number of benzene rings is 2. The van der Waals surface area contributed by atoms with Gasteiger partial charge in [-0.15, -0.1) is 0 Å². The van der Waals surface area contributed by atoms with Gasteiger partial charge in [0.15, 0.2) is 0 Å². The number of carbonyl (C=O) groups excluding carboxylic acids is 1. The van der Waals surface area contributed by atoms with Gasteiger partial charge in [0.2, 0.25) is 5.91 Å². The van der Waals surface area contributed by atoms with E-state index in [1.165, 1.54) is 0 Å². The minimum absolute atomic E-state index is 0.0774. The van der Waals surface area contributed by atoms with Crippen molar-refractivity contribution in [2.75, 3.05) is 27.9 Å². The van der Waals surface area contributed by atoms with Crippen LogP contribution in [0.25, 0.3) is 10.9 Å². The second-order valence-electron chi connectivity index (χ2n) is 7.03. The van der Waals surface area contributed by atoms with Crippen molar-refractivity contribution < 1.29 is 24.1 Å². The number of nitrogens with one attached hydrogen (secondary N) is 1. The average molecular weight is 396 g/mol. The fraction of sp³-hybridized carbons (Fsp3) is 0.318. The maximum atomic E-state index is 13.1. The predicted octanol–water partition coefficient (Wildman–Crippen LogP) is 2.81. The number of hydrogen-bond donors (Lipinski definition) is 2. The fourth-order valence-corrected chi connectivity index (χ4v) is 4.07. The monoisotopic (exact) mass is 396 g/mol. The minimum atomic E-state index is -0.842. The number of β-amino-alcohol motifs (C(OH)–C–C–N with tert-alkyl or cyclic N) is 1. The summed E-state index contributed by atoms with van der Waals surface area (Å²) in [6, 6.07) is 9.30. The van der Waals surface area contributed by atoms with Crippen molar-refractivity contribution in [2.24, 2.45) is 0 Å². The number of aromatic amines is 1. The summed E-state index contributed by atoms with van der Waals surface area (Å²) in [6.07, 6.45) is 1.20. The Morgan fingerprint density at radius 3 is 2.55 bits per heavy atom. The van der Waals surface area contributed by atoms with Crippen LogP contribution in [0.2, 0.25) is 0 Å². The summed E-state index contributed by atoms with van der Waals surface area (Å²) in [5.41, 5.74) is 3.24. The van der Waals surface area contributed by atoms with Crippen LogP contribution in [0.1, 0.15) is 22.8 Å². The van der Waals surface area contributed by atoms with E-state index in [9.17, 15) is 9.90 Å². The van der Waals surface area contributed by atoms with Gasteiger partial charge in [-0.2, -0.15) is 0 Å². The molecule has 0 saturated carbocycles. The summed E-state index contributed by atoms with van der Waals surface area (Å²) in [5, 5.41) is 11.6. The zero-order valence-electron chi connectivity index (χ0n) is 16.7. The van der Waals surface area contributed by atoms with Gasteiger partial charge in [-0.05, 0) is 29.8 Å². The lowest BCUT2D eigenvalue weighted by Crippen LogP contribution is -2.39. The first kappa shape index (κ1) is 19.1. The molecule has 0 bridgehead atoms. The van der Waals surface area contributed by atoms with Crippen LogP contribution in [-0.4, -0.2) is 48.8 Å². The van der Waals surface area contributed by atoms with Crippen molar-refractivity contribution in [1.82, 2.24) is 9.88 Å². The Morgan fingerprint density at radius 2 is 1.83 bits per heavy atom. The van der Waals surface area contributed by atoms with E-state index in [2.05, 4.69) is 4.98 Å². The average Bonchev–Trinajstić information content (AvgIpc) is 3.15. The molecule has 1 aliphatic rings. The van der Waals surface area contributed by atoms with Gasteiger partial charge in [-0.3, -0.25) is 4.79 Å². The Morgan fingerprint density at radius 1 is 1.10 bits per heavy atom. The second-order valence-corrected chi connectivity index (χ2v) is 7.03. The number of carbonyl (C=O) groups is 1. The maximum absolute atomic E-state index is 13.1. The number of aliphatic hydroxyl groups is 1. The van der Waals surface area contributed by atoms with E-state index in [-0.39, 0.29) is 18.9 Å². The zero-order chi connectivity index (χ0) is 20.5. The number of nitrogens with zero attached hydrogens (tertiary/aromatic N) is 1. The van der Waals surface area contributed by atoms with Crippen LogP contribution >= 0.6 is 0 Å². The summed E-state index contributed by atoms with van der Waals surface area (Å²) in [7, 11) is 4.76. The number of rotatable bonds is 5. The smallest absolute Gasteiger partial charge is 0.227 e. The van der Waals surface area contributed by atoms with Crippen molar-refractivity contribution in [3.8, 4) is 17.2 Å². The quantitative estimate of drug-likeness (QED) is 0.693. The first-order chi connectivity index (χ1) is 14.1. The first-order valence-corrected chi connectivity index (χ1v) is 9.40. The van der Waals surface area contributed by atoms with E-state index in [0.717, 1.165) is 27.8 Å². The molecule has 2 heterocycles. The molecule has 2 N–H and O–H groups in total. The highest BCUT2D eigenvalue weighted by Gasteiger charge is 2.32. The molecule has 1 unspecified atom stereocenters. The van der Waals surface area contributed by atoms with Gasteiger partial charge in [-0.25, -0.2) is 0 Å². The number of aliphatic hydroxyl groups excluding tert-OH is 1. The van der Waals surface area contributed by atoms with Crippen LogP contribution < -0.4 is 14.2 Å². The number of ether oxygens (including phenoxy) is 3. The standard InChI is InChI=1S/C22H24N2O5/c1-27-17-7-8-19(29-3)22-14(17)11-24(12-16(22)25)20(26)9-13-10-23-15-5-4-6-18(28-2)21(13)15/h4-8,10,16,23,25H,9,11-12H2,1-3H3. The van der Waals surface area contributed by atoms with Crippen LogP contribution in [0.4, 0.5) is 0 Å². The molecule has 7 heteroatoms. The molecule has 1 aromatic heterocycles. The SMILES string of the molecule is COc1ccc(OC)c2c1CN(C(=O)Cc1c[nH]c3cccc(OC)c13)CC2O. The van der Waals surface area contributed by atoms with Crippen LogP contribution in [0.5, 0.6) is 17.2 Å². The largest absolute Gasteiger partial charge is 0.496 e. The highest BCUT2D eigenvalue weighted by Crippen LogP contribution is 2.39. The van der Waals surface area contributed by atoms with E-state index in [1.807, 2.05) is 24.4 Å². The molecule has 7 nitrogen and oxygen atoms in total. The van der Waals surface area contributed by atoms with E-state index in [4.69, 9.17) is 14.2 Å². The molecule has 0 aliphatic carbocycles. The van der Waals surface area contributed by atoms with Crippen LogP contribution in [0.15, 0.2) is 36.5 Å². The number of fused-ring (bicyclic) bond motifs is 2. The predicted molar refractivity (Wildman–Crippen MR) is 108 cm³/mol. The van der Waals surface area contributed by atoms with Gasteiger partial charge < -0.3 is 29.2 Å². The van der Waals surface area contributed by atoms with Gasteiger partial charge in [0.25, 0.3) is 0 Å². The number of aromatic nitrogens is 1. The molecular formula is C22H24N2O5. The van der Waals surface area contributed by atoms with E-state index in [1.54, 1.807) is 38.4 Å². The molecule has 0 saturated heterocycles. The van der Waals surface area contributed by atoms with Crippen LogP contribution in [0, 0.1) is 0 Å². The highest BCUT2D eigenvalue weighted by atomic mass is 16.5. The number of methoxy groups -OCH3 is 3. The Hall–Kier alpha value is -3.19. The zero-order valence-corrected chi connectivity index (χ0v) is 16.7. The summed E-state index contributed by atoms with van der Waals surface area (Å²) < 4.78 is 16.3. The molecule has 152 valence electrons. The molecule has 29 heavy (non-hydrogen) atoms. The van der Waals surface area contributed by atoms with Gasteiger partial charge in [0.1, 0.15) is 23.4 Å². The molecule has 0 fully saturated rings. The van der Waals surface area contributed by atoms with Crippen molar-refractivity contribution in [3.05, 3.63) is 53.2 Å². The second kappa shape index (κ2) is 7.67. The van der Waals surface area contributed by atoms with Gasteiger partial charge in [0.05, 0.1) is 34.3 Å².